The quantitative estimate of drug-likeness (QED) is 0.732. The fourth-order valence-corrected chi connectivity index (χ4v) is 1.41. The molecule has 0 atom stereocenters. The van der Waals surface area contributed by atoms with E-state index in [-0.39, 0.29) is 18.4 Å². The van der Waals surface area contributed by atoms with Gasteiger partial charge < -0.3 is 10.4 Å². The summed E-state index contributed by atoms with van der Waals surface area (Å²) in [7, 11) is 0. The first kappa shape index (κ1) is 10.7. The maximum Gasteiger partial charge on any atom is 0.227 e. The molecule has 0 spiro atoms. The third-order valence-corrected chi connectivity index (χ3v) is 2.39. The fraction of sp³-hybridized carbons (Fsp3) is 0.308. The van der Waals surface area contributed by atoms with Crippen LogP contribution in [0.25, 0.3) is 0 Å². The van der Waals surface area contributed by atoms with Crippen LogP contribution < -0.4 is 5.32 Å². The molecule has 1 aromatic carbocycles. The zero-order chi connectivity index (χ0) is 11.4. The van der Waals surface area contributed by atoms with E-state index in [2.05, 4.69) is 17.2 Å². The van der Waals surface area contributed by atoms with Crippen molar-refractivity contribution in [1.82, 2.24) is 0 Å². The topological polar surface area (TPSA) is 49.3 Å². The lowest BCUT2D eigenvalue weighted by atomic mass is 10.2. The standard InChI is InChI=1S/C13H13NO2/c15-8-2-4-10-3-1-5-12(9-10)14-13(16)11-6-7-11/h1,3,5,9,11,15H,6-8H2,(H,14,16). The van der Waals surface area contributed by atoms with E-state index in [1.807, 2.05) is 24.3 Å². The number of nitrogens with one attached hydrogen (secondary N) is 1. The van der Waals surface area contributed by atoms with Crippen LogP contribution in [0, 0.1) is 17.8 Å². The molecule has 0 aliphatic heterocycles. The van der Waals surface area contributed by atoms with Crippen LogP contribution in [0.3, 0.4) is 0 Å². The Morgan fingerprint density at radius 3 is 3.00 bits per heavy atom. The molecule has 1 amide bonds. The molecule has 0 heterocycles. The minimum absolute atomic E-state index is 0.0901. The Labute approximate surface area is 94.5 Å². The van der Waals surface area contributed by atoms with Crippen molar-refractivity contribution in [3.05, 3.63) is 29.8 Å². The first-order valence-corrected chi connectivity index (χ1v) is 5.30. The molecule has 3 heteroatoms. The number of rotatable bonds is 2. The van der Waals surface area contributed by atoms with Crippen LogP contribution in [0.4, 0.5) is 5.69 Å². The molecule has 1 aliphatic carbocycles. The Hall–Kier alpha value is -1.79. The molecule has 1 aliphatic rings. The van der Waals surface area contributed by atoms with Gasteiger partial charge >= 0.3 is 0 Å². The number of hydrogen-bond donors (Lipinski definition) is 2. The van der Waals surface area contributed by atoms with Crippen LogP contribution in [0.1, 0.15) is 18.4 Å². The van der Waals surface area contributed by atoms with Crippen molar-refractivity contribution >= 4 is 11.6 Å². The van der Waals surface area contributed by atoms with Gasteiger partial charge in [-0.15, -0.1) is 0 Å². The zero-order valence-corrected chi connectivity index (χ0v) is 8.86. The SMILES string of the molecule is O=C(Nc1cccc(C#CCO)c1)C1CC1. The van der Waals surface area contributed by atoms with Crippen LogP contribution in [0.15, 0.2) is 24.3 Å². The van der Waals surface area contributed by atoms with Crippen LogP contribution in [0.2, 0.25) is 0 Å². The predicted molar refractivity (Wildman–Crippen MR) is 61.8 cm³/mol. The molecule has 2 N–H and O–H groups in total. The molecule has 1 saturated carbocycles. The third-order valence-electron chi connectivity index (χ3n) is 2.39. The largest absolute Gasteiger partial charge is 0.384 e. The number of carbonyl (C=O) groups excluding carboxylic acids is 1. The van der Waals surface area contributed by atoms with E-state index in [9.17, 15) is 4.79 Å². The smallest absolute Gasteiger partial charge is 0.227 e. The van der Waals surface area contributed by atoms with E-state index in [1.54, 1.807) is 0 Å². The minimum atomic E-state index is -0.154. The molecule has 0 saturated heterocycles. The lowest BCUT2D eigenvalue weighted by Crippen LogP contribution is -2.13. The Morgan fingerprint density at radius 2 is 2.31 bits per heavy atom. The number of carbonyl (C=O) groups is 1. The highest BCUT2D eigenvalue weighted by Gasteiger charge is 2.29. The molecule has 3 nitrogen and oxygen atoms in total. The highest BCUT2D eigenvalue weighted by atomic mass is 16.2. The molecule has 0 aromatic heterocycles. The summed E-state index contributed by atoms with van der Waals surface area (Å²) in [5, 5.41) is 11.4. The molecular formula is C13H13NO2. The molecule has 1 aromatic rings. The predicted octanol–water partition coefficient (Wildman–Crippen LogP) is 1.38. The van der Waals surface area contributed by atoms with Gasteiger partial charge in [0.1, 0.15) is 6.61 Å². The van der Waals surface area contributed by atoms with Crippen molar-refractivity contribution in [2.75, 3.05) is 11.9 Å². The Balaban J connectivity index is 2.06. The van der Waals surface area contributed by atoms with Crippen LogP contribution in [-0.4, -0.2) is 17.6 Å². The number of aliphatic hydroxyl groups is 1. The second kappa shape index (κ2) is 4.82. The summed E-state index contributed by atoms with van der Waals surface area (Å²) in [6.45, 7) is -0.154. The molecule has 1 fully saturated rings. The number of hydrogen-bond acceptors (Lipinski definition) is 2. The van der Waals surface area contributed by atoms with Crippen LogP contribution in [0.5, 0.6) is 0 Å². The number of anilines is 1. The Bertz CT molecular complexity index is 452. The van der Waals surface area contributed by atoms with Gasteiger partial charge in [-0.3, -0.25) is 4.79 Å². The summed E-state index contributed by atoms with van der Waals surface area (Å²) in [5.41, 5.74) is 1.56. The van der Waals surface area contributed by atoms with Gasteiger partial charge in [-0.05, 0) is 31.0 Å². The highest BCUT2D eigenvalue weighted by molar-refractivity contribution is 5.94. The van der Waals surface area contributed by atoms with E-state index in [4.69, 9.17) is 5.11 Å². The van der Waals surface area contributed by atoms with Crippen LogP contribution in [-0.2, 0) is 4.79 Å². The number of benzene rings is 1. The molecule has 0 bridgehead atoms. The minimum Gasteiger partial charge on any atom is -0.384 e. The molecule has 2 rings (SSSR count). The normalized spacial score (nSPS) is 13.8. The number of amides is 1. The van der Waals surface area contributed by atoms with Crippen molar-refractivity contribution in [3.63, 3.8) is 0 Å². The van der Waals surface area contributed by atoms with Gasteiger partial charge in [0.25, 0.3) is 0 Å². The van der Waals surface area contributed by atoms with Gasteiger partial charge in [0.2, 0.25) is 5.91 Å². The summed E-state index contributed by atoms with van der Waals surface area (Å²) in [6, 6.07) is 7.33. The molecular weight excluding hydrogens is 202 g/mol. The average molecular weight is 215 g/mol. The fourth-order valence-electron chi connectivity index (χ4n) is 1.41. The summed E-state index contributed by atoms with van der Waals surface area (Å²) in [5.74, 6) is 5.67. The molecule has 0 unspecified atom stereocenters. The van der Waals surface area contributed by atoms with E-state index >= 15 is 0 Å². The third kappa shape index (κ3) is 2.85. The van der Waals surface area contributed by atoms with Crippen LogP contribution >= 0.6 is 0 Å². The Kier molecular flexibility index (Phi) is 3.23. The lowest BCUT2D eigenvalue weighted by Gasteiger charge is -2.03. The van der Waals surface area contributed by atoms with Crippen molar-refractivity contribution < 1.29 is 9.90 Å². The van der Waals surface area contributed by atoms with E-state index < -0.39 is 0 Å². The first-order valence-electron chi connectivity index (χ1n) is 5.30. The van der Waals surface area contributed by atoms with Gasteiger partial charge in [-0.2, -0.15) is 0 Å². The zero-order valence-electron chi connectivity index (χ0n) is 8.86. The summed E-state index contributed by atoms with van der Waals surface area (Å²) >= 11 is 0. The van der Waals surface area contributed by atoms with Crippen molar-refractivity contribution in [2.45, 2.75) is 12.8 Å². The van der Waals surface area contributed by atoms with Crippen molar-refractivity contribution in [1.29, 1.82) is 0 Å². The molecule has 0 radical (unpaired) electrons. The van der Waals surface area contributed by atoms with Gasteiger partial charge in [0.15, 0.2) is 0 Å². The molecule has 82 valence electrons. The summed E-state index contributed by atoms with van der Waals surface area (Å²) in [6.07, 6.45) is 1.99. The number of aliphatic hydroxyl groups excluding tert-OH is 1. The average Bonchev–Trinajstić information content (AvgIpc) is 3.10. The maximum absolute atomic E-state index is 11.5. The summed E-state index contributed by atoms with van der Waals surface area (Å²) < 4.78 is 0. The van der Waals surface area contributed by atoms with E-state index in [0.717, 1.165) is 24.1 Å². The second-order valence-corrected chi connectivity index (χ2v) is 3.80. The maximum atomic E-state index is 11.5. The van der Waals surface area contributed by atoms with Crippen molar-refractivity contribution in [2.24, 2.45) is 5.92 Å². The van der Waals surface area contributed by atoms with Crippen molar-refractivity contribution in [3.8, 4) is 11.8 Å². The first-order chi connectivity index (χ1) is 7.79. The monoisotopic (exact) mass is 215 g/mol. The van der Waals surface area contributed by atoms with Gasteiger partial charge in [0, 0.05) is 17.2 Å². The van der Waals surface area contributed by atoms with Gasteiger partial charge in [-0.25, -0.2) is 0 Å². The highest BCUT2D eigenvalue weighted by Crippen LogP contribution is 2.30. The van der Waals surface area contributed by atoms with Gasteiger partial charge in [-0.1, -0.05) is 17.9 Å². The van der Waals surface area contributed by atoms with E-state index in [1.165, 1.54) is 0 Å². The summed E-state index contributed by atoms with van der Waals surface area (Å²) in [4.78, 5) is 11.5. The molecule has 16 heavy (non-hydrogen) atoms. The van der Waals surface area contributed by atoms with E-state index in [0.29, 0.717) is 0 Å². The van der Waals surface area contributed by atoms with Gasteiger partial charge in [0.05, 0.1) is 0 Å². The Morgan fingerprint density at radius 1 is 1.50 bits per heavy atom. The second-order valence-electron chi connectivity index (χ2n) is 3.80. The lowest BCUT2D eigenvalue weighted by molar-refractivity contribution is -0.117.